The number of benzene rings is 1. The number of nitrogens with one attached hydrogen (secondary N) is 2. The number of hydrogen-bond donors (Lipinski definition) is 2. The molecule has 1 aromatic carbocycles. The van der Waals surface area contributed by atoms with Gasteiger partial charge in [0.05, 0.1) is 5.03 Å². The van der Waals surface area contributed by atoms with Crippen molar-refractivity contribution in [3.05, 3.63) is 42.2 Å². The first kappa shape index (κ1) is 13.9. The van der Waals surface area contributed by atoms with Gasteiger partial charge in [0, 0.05) is 31.1 Å². The maximum absolute atomic E-state index is 5.11. The molecule has 0 aliphatic heterocycles. The molecule has 0 bridgehead atoms. The minimum Gasteiger partial charge on any atom is -0.377 e. The van der Waals surface area contributed by atoms with E-state index < -0.39 is 0 Å². The molecule has 21 heavy (non-hydrogen) atoms. The van der Waals surface area contributed by atoms with E-state index in [-0.39, 0.29) is 0 Å². The van der Waals surface area contributed by atoms with Gasteiger partial charge < -0.3 is 15.0 Å². The Labute approximate surface area is 127 Å². The van der Waals surface area contributed by atoms with Crippen LogP contribution in [0.5, 0.6) is 0 Å². The lowest BCUT2D eigenvalue weighted by Gasteiger charge is -2.06. The minimum absolute atomic E-state index is 0.399. The van der Waals surface area contributed by atoms with Crippen molar-refractivity contribution >= 4 is 28.5 Å². The Morgan fingerprint density at radius 2 is 2.10 bits per heavy atom. The van der Waals surface area contributed by atoms with E-state index >= 15 is 0 Å². The summed E-state index contributed by atoms with van der Waals surface area (Å²) in [5.41, 5.74) is 1.13. The number of fused-ring (bicyclic) bond motifs is 1. The zero-order valence-electron chi connectivity index (χ0n) is 11.9. The summed E-state index contributed by atoms with van der Waals surface area (Å²) in [5.74, 6) is 1.46. The molecule has 3 rings (SSSR count). The molecule has 3 aromatic rings. The molecule has 0 amide bonds. The molecule has 0 fully saturated rings. The molecule has 0 atom stereocenters. The van der Waals surface area contributed by atoms with Crippen LogP contribution in [0.2, 0.25) is 0 Å². The third-order valence-electron chi connectivity index (χ3n) is 3.00. The molecule has 0 aliphatic carbocycles. The van der Waals surface area contributed by atoms with E-state index in [1.807, 2.05) is 25.2 Å². The average Bonchev–Trinajstić information content (AvgIpc) is 2.89. The van der Waals surface area contributed by atoms with Gasteiger partial charge in [-0.05, 0) is 12.1 Å². The lowest BCUT2D eigenvalue weighted by Crippen LogP contribution is -2.02. The van der Waals surface area contributed by atoms with Crippen molar-refractivity contribution in [1.29, 1.82) is 0 Å². The molecule has 2 heterocycles. The number of aromatic nitrogens is 3. The number of methoxy groups -OCH3 is 1. The number of para-hydroxylation sites is 1. The van der Waals surface area contributed by atoms with Gasteiger partial charge in [-0.25, -0.2) is 9.97 Å². The molecule has 0 radical (unpaired) electrons. The van der Waals surface area contributed by atoms with Crippen LogP contribution in [-0.4, -0.2) is 29.1 Å². The van der Waals surface area contributed by atoms with E-state index in [0.29, 0.717) is 12.4 Å². The van der Waals surface area contributed by atoms with Gasteiger partial charge in [0.25, 0.3) is 0 Å². The van der Waals surface area contributed by atoms with Crippen molar-refractivity contribution in [2.75, 3.05) is 19.5 Å². The Morgan fingerprint density at radius 3 is 2.86 bits per heavy atom. The predicted octanol–water partition coefficient (Wildman–Crippen LogP) is 3.30. The molecular formula is C15H16N4OS. The summed E-state index contributed by atoms with van der Waals surface area (Å²) in [6.07, 6.45) is 0. The highest BCUT2D eigenvalue weighted by Gasteiger charge is 2.07. The second kappa shape index (κ2) is 6.15. The van der Waals surface area contributed by atoms with E-state index in [9.17, 15) is 0 Å². The average molecular weight is 300 g/mol. The van der Waals surface area contributed by atoms with Gasteiger partial charge in [0.15, 0.2) is 5.82 Å². The number of H-pyrrole nitrogens is 1. The van der Waals surface area contributed by atoms with Gasteiger partial charge in [0.1, 0.15) is 17.5 Å². The summed E-state index contributed by atoms with van der Waals surface area (Å²) in [4.78, 5) is 12.2. The Bertz CT molecular complexity index is 723. The second-order valence-corrected chi connectivity index (χ2v) is 5.58. The lowest BCUT2D eigenvalue weighted by atomic mass is 10.3. The standard InChI is InChI=1S/C15H16N4OS/c1-16-12-8-15(19-13(18-12)9-20-2)21-14-7-10-5-3-4-6-11(10)17-14/h3-8,17H,9H2,1-2H3,(H,16,18,19). The van der Waals surface area contributed by atoms with Gasteiger partial charge in [-0.15, -0.1) is 0 Å². The largest absolute Gasteiger partial charge is 0.377 e. The fraction of sp³-hybridized carbons (Fsp3) is 0.200. The maximum Gasteiger partial charge on any atom is 0.157 e. The number of anilines is 1. The molecule has 0 aliphatic rings. The van der Waals surface area contributed by atoms with Gasteiger partial charge >= 0.3 is 0 Å². The number of hydrogen-bond acceptors (Lipinski definition) is 5. The Hall–Kier alpha value is -2.05. The molecule has 0 spiro atoms. The van der Waals surface area contributed by atoms with Crippen LogP contribution in [-0.2, 0) is 11.3 Å². The van der Waals surface area contributed by atoms with Crippen molar-refractivity contribution in [3.63, 3.8) is 0 Å². The molecule has 0 saturated heterocycles. The lowest BCUT2D eigenvalue weighted by molar-refractivity contribution is 0.177. The Morgan fingerprint density at radius 1 is 1.24 bits per heavy atom. The summed E-state index contributed by atoms with van der Waals surface area (Å²) < 4.78 is 5.11. The quantitative estimate of drug-likeness (QED) is 0.708. The number of ether oxygens (including phenoxy) is 1. The number of rotatable bonds is 5. The molecule has 2 N–H and O–H groups in total. The van der Waals surface area contributed by atoms with Crippen LogP contribution in [0.15, 0.2) is 46.5 Å². The van der Waals surface area contributed by atoms with E-state index in [1.54, 1.807) is 18.9 Å². The van der Waals surface area contributed by atoms with Crippen molar-refractivity contribution in [2.45, 2.75) is 16.7 Å². The fourth-order valence-electron chi connectivity index (χ4n) is 2.06. The van der Waals surface area contributed by atoms with E-state index in [2.05, 4.69) is 38.5 Å². The van der Waals surface area contributed by atoms with Crippen LogP contribution in [0.4, 0.5) is 5.82 Å². The van der Waals surface area contributed by atoms with Gasteiger partial charge in [0.2, 0.25) is 0 Å². The van der Waals surface area contributed by atoms with Crippen LogP contribution in [0.3, 0.4) is 0 Å². The van der Waals surface area contributed by atoms with Crippen molar-refractivity contribution in [3.8, 4) is 0 Å². The van der Waals surface area contributed by atoms with E-state index in [4.69, 9.17) is 4.74 Å². The minimum atomic E-state index is 0.399. The smallest absolute Gasteiger partial charge is 0.157 e. The van der Waals surface area contributed by atoms with Crippen LogP contribution >= 0.6 is 11.8 Å². The second-order valence-electron chi connectivity index (χ2n) is 4.51. The summed E-state index contributed by atoms with van der Waals surface area (Å²) in [6.45, 7) is 0.399. The van der Waals surface area contributed by atoms with Crippen molar-refractivity contribution in [1.82, 2.24) is 15.0 Å². The molecular weight excluding hydrogens is 284 g/mol. The zero-order valence-corrected chi connectivity index (χ0v) is 12.7. The summed E-state index contributed by atoms with van der Waals surface area (Å²) >= 11 is 1.58. The van der Waals surface area contributed by atoms with E-state index in [1.165, 1.54) is 5.39 Å². The summed E-state index contributed by atoms with van der Waals surface area (Å²) in [6, 6.07) is 12.3. The van der Waals surface area contributed by atoms with Crippen LogP contribution in [0.1, 0.15) is 5.82 Å². The monoisotopic (exact) mass is 300 g/mol. The molecule has 0 unspecified atom stereocenters. The highest BCUT2D eigenvalue weighted by atomic mass is 32.2. The normalized spacial score (nSPS) is 11.0. The van der Waals surface area contributed by atoms with Gasteiger partial charge in [-0.3, -0.25) is 0 Å². The topological polar surface area (TPSA) is 62.8 Å². The van der Waals surface area contributed by atoms with Crippen LogP contribution in [0.25, 0.3) is 10.9 Å². The number of aromatic amines is 1. The predicted molar refractivity (Wildman–Crippen MR) is 84.7 cm³/mol. The first-order chi connectivity index (χ1) is 10.3. The Kier molecular flexibility index (Phi) is 4.08. The maximum atomic E-state index is 5.11. The molecule has 6 heteroatoms. The third-order valence-corrected chi connectivity index (χ3v) is 3.86. The summed E-state index contributed by atoms with van der Waals surface area (Å²) in [5, 5.41) is 6.18. The van der Waals surface area contributed by atoms with Crippen molar-refractivity contribution in [2.24, 2.45) is 0 Å². The van der Waals surface area contributed by atoms with E-state index in [0.717, 1.165) is 21.4 Å². The Balaban J connectivity index is 1.90. The SMILES string of the molecule is CNc1cc(Sc2cc3ccccc3[nH]2)nc(COC)n1. The summed E-state index contributed by atoms with van der Waals surface area (Å²) in [7, 11) is 3.48. The number of nitrogens with zero attached hydrogens (tertiary/aromatic N) is 2. The molecule has 0 saturated carbocycles. The highest BCUT2D eigenvalue weighted by molar-refractivity contribution is 7.99. The van der Waals surface area contributed by atoms with Crippen molar-refractivity contribution < 1.29 is 4.74 Å². The van der Waals surface area contributed by atoms with Crippen LogP contribution in [0, 0.1) is 0 Å². The molecule has 108 valence electrons. The first-order valence-corrected chi connectivity index (χ1v) is 7.40. The highest BCUT2D eigenvalue weighted by Crippen LogP contribution is 2.29. The zero-order chi connectivity index (χ0) is 14.7. The van der Waals surface area contributed by atoms with Gasteiger partial charge in [-0.2, -0.15) is 0 Å². The first-order valence-electron chi connectivity index (χ1n) is 6.59. The third kappa shape index (κ3) is 3.17. The molecule has 2 aromatic heterocycles. The fourth-order valence-corrected chi connectivity index (χ4v) is 2.95. The van der Waals surface area contributed by atoms with Gasteiger partial charge in [-0.1, -0.05) is 30.0 Å². The van der Waals surface area contributed by atoms with Crippen LogP contribution < -0.4 is 5.32 Å². The molecule has 5 nitrogen and oxygen atoms in total.